The molecule has 2 aromatic carbocycles. The summed E-state index contributed by atoms with van der Waals surface area (Å²) in [6, 6.07) is 15.6. The molecule has 5 nitrogen and oxygen atoms in total. The summed E-state index contributed by atoms with van der Waals surface area (Å²) in [5, 5.41) is 4.03. The lowest BCUT2D eigenvalue weighted by molar-refractivity contribution is 0.0772. The number of hydrogen-bond donors (Lipinski definition) is 0. The van der Waals surface area contributed by atoms with Gasteiger partial charge in [-0.1, -0.05) is 47.6 Å². The van der Waals surface area contributed by atoms with Crippen molar-refractivity contribution in [3.63, 3.8) is 0 Å². The van der Waals surface area contributed by atoms with Gasteiger partial charge in [0.25, 0.3) is 5.91 Å². The summed E-state index contributed by atoms with van der Waals surface area (Å²) < 4.78 is 24.2. The van der Waals surface area contributed by atoms with Crippen LogP contribution in [0.3, 0.4) is 0 Å². The van der Waals surface area contributed by atoms with Crippen LogP contribution in [0.25, 0.3) is 11.3 Å². The van der Waals surface area contributed by atoms with Crippen molar-refractivity contribution in [2.45, 2.75) is 6.92 Å². The van der Waals surface area contributed by atoms with Crippen LogP contribution in [0, 0.1) is 12.7 Å². The van der Waals surface area contributed by atoms with E-state index in [-0.39, 0.29) is 18.3 Å². The Morgan fingerprint density at radius 3 is 2.58 bits per heavy atom. The number of amides is 1. The normalized spacial score (nSPS) is 10.6. The van der Waals surface area contributed by atoms with E-state index < -0.39 is 5.82 Å². The number of likely N-dealkylation sites (N-methyl/N-ethyl adjacent to an activating group) is 1. The standard InChI is InChI=1S/C20H19FN2O3/c1-14-18(19(22-26-14)15-8-4-3-5-9-15)20(24)23(2)12-13-25-17-11-7-6-10-16(17)21/h3-11H,12-13H2,1-2H3. The summed E-state index contributed by atoms with van der Waals surface area (Å²) in [6.45, 7) is 2.18. The molecule has 3 rings (SSSR count). The molecule has 134 valence electrons. The van der Waals surface area contributed by atoms with Crippen molar-refractivity contribution in [3.05, 3.63) is 71.7 Å². The fourth-order valence-corrected chi connectivity index (χ4v) is 2.56. The molecular formula is C20H19FN2O3. The first kappa shape index (κ1) is 17.7. The fourth-order valence-electron chi connectivity index (χ4n) is 2.56. The number of aryl methyl sites for hydroxylation is 1. The number of nitrogens with zero attached hydrogens (tertiary/aromatic N) is 2. The molecule has 0 aliphatic carbocycles. The van der Waals surface area contributed by atoms with E-state index in [1.807, 2.05) is 30.3 Å². The maximum Gasteiger partial charge on any atom is 0.259 e. The highest BCUT2D eigenvalue weighted by molar-refractivity contribution is 6.00. The third-order valence-electron chi connectivity index (χ3n) is 3.99. The third kappa shape index (κ3) is 3.74. The summed E-state index contributed by atoms with van der Waals surface area (Å²) in [5.74, 6) is -0.0299. The van der Waals surface area contributed by atoms with Gasteiger partial charge < -0.3 is 14.2 Å². The lowest BCUT2D eigenvalue weighted by Crippen LogP contribution is -2.31. The molecule has 0 aliphatic heterocycles. The monoisotopic (exact) mass is 354 g/mol. The van der Waals surface area contributed by atoms with Crippen LogP contribution in [0.1, 0.15) is 16.1 Å². The fraction of sp³-hybridized carbons (Fsp3) is 0.200. The van der Waals surface area contributed by atoms with Gasteiger partial charge in [-0.3, -0.25) is 4.79 Å². The quantitative estimate of drug-likeness (QED) is 0.673. The van der Waals surface area contributed by atoms with Crippen LogP contribution in [0.2, 0.25) is 0 Å². The van der Waals surface area contributed by atoms with E-state index in [9.17, 15) is 9.18 Å². The highest BCUT2D eigenvalue weighted by atomic mass is 19.1. The number of rotatable bonds is 6. The minimum Gasteiger partial charge on any atom is -0.489 e. The zero-order chi connectivity index (χ0) is 18.5. The second-order valence-electron chi connectivity index (χ2n) is 5.83. The molecule has 6 heteroatoms. The Bertz CT molecular complexity index is 893. The topological polar surface area (TPSA) is 55.6 Å². The SMILES string of the molecule is Cc1onc(-c2ccccc2)c1C(=O)N(C)CCOc1ccccc1F. The van der Waals surface area contributed by atoms with Gasteiger partial charge in [-0.15, -0.1) is 0 Å². The average molecular weight is 354 g/mol. The second-order valence-corrected chi connectivity index (χ2v) is 5.83. The Kier molecular flexibility index (Phi) is 5.31. The van der Waals surface area contributed by atoms with Crippen molar-refractivity contribution in [1.82, 2.24) is 10.1 Å². The smallest absolute Gasteiger partial charge is 0.259 e. The lowest BCUT2D eigenvalue weighted by Gasteiger charge is -2.17. The van der Waals surface area contributed by atoms with Gasteiger partial charge in [0.1, 0.15) is 23.6 Å². The van der Waals surface area contributed by atoms with Gasteiger partial charge in [0.2, 0.25) is 0 Å². The molecule has 1 aromatic heterocycles. The van der Waals surface area contributed by atoms with Gasteiger partial charge in [-0.2, -0.15) is 0 Å². The number of hydrogen-bond acceptors (Lipinski definition) is 4. The Labute approximate surface area is 151 Å². The first-order valence-electron chi connectivity index (χ1n) is 8.22. The Morgan fingerprint density at radius 2 is 1.85 bits per heavy atom. The summed E-state index contributed by atoms with van der Waals surface area (Å²) in [7, 11) is 1.66. The minimum absolute atomic E-state index is 0.166. The number of benzene rings is 2. The van der Waals surface area contributed by atoms with Crippen LogP contribution in [0.15, 0.2) is 59.1 Å². The first-order chi connectivity index (χ1) is 12.6. The van der Waals surface area contributed by atoms with E-state index in [0.29, 0.717) is 23.6 Å². The van der Waals surface area contributed by atoms with Crippen molar-refractivity contribution in [2.24, 2.45) is 0 Å². The van der Waals surface area contributed by atoms with Crippen LogP contribution in [-0.2, 0) is 0 Å². The highest BCUT2D eigenvalue weighted by Gasteiger charge is 2.24. The number of halogens is 1. The van der Waals surface area contributed by atoms with E-state index in [2.05, 4.69) is 5.16 Å². The first-order valence-corrected chi connectivity index (χ1v) is 8.22. The number of para-hydroxylation sites is 1. The Balaban J connectivity index is 1.69. The molecule has 0 aliphatic rings. The van der Waals surface area contributed by atoms with Gasteiger partial charge >= 0.3 is 0 Å². The number of carbonyl (C=O) groups is 1. The zero-order valence-corrected chi connectivity index (χ0v) is 14.6. The molecule has 0 N–H and O–H groups in total. The van der Waals surface area contributed by atoms with E-state index in [1.54, 1.807) is 32.2 Å². The van der Waals surface area contributed by atoms with E-state index >= 15 is 0 Å². The van der Waals surface area contributed by atoms with Crippen LogP contribution in [0.4, 0.5) is 4.39 Å². The van der Waals surface area contributed by atoms with Crippen molar-refractivity contribution in [2.75, 3.05) is 20.2 Å². The molecule has 0 fully saturated rings. The predicted octanol–water partition coefficient (Wildman–Crippen LogP) is 3.94. The van der Waals surface area contributed by atoms with Gasteiger partial charge in [-0.05, 0) is 19.1 Å². The molecule has 0 saturated heterocycles. The summed E-state index contributed by atoms with van der Waals surface area (Å²) in [6.07, 6.45) is 0. The maximum atomic E-state index is 13.6. The Hall–Kier alpha value is -3.15. The molecule has 0 unspecified atom stereocenters. The van der Waals surface area contributed by atoms with Crippen molar-refractivity contribution in [3.8, 4) is 17.0 Å². The van der Waals surface area contributed by atoms with Crippen molar-refractivity contribution in [1.29, 1.82) is 0 Å². The summed E-state index contributed by atoms with van der Waals surface area (Å²) in [4.78, 5) is 14.3. The Morgan fingerprint density at radius 1 is 1.15 bits per heavy atom. The number of carbonyl (C=O) groups excluding carboxylic acids is 1. The van der Waals surface area contributed by atoms with Crippen LogP contribution >= 0.6 is 0 Å². The van der Waals surface area contributed by atoms with E-state index in [0.717, 1.165) is 5.56 Å². The predicted molar refractivity (Wildman–Crippen MR) is 95.5 cm³/mol. The van der Waals surface area contributed by atoms with Crippen molar-refractivity contribution >= 4 is 5.91 Å². The highest BCUT2D eigenvalue weighted by Crippen LogP contribution is 2.26. The van der Waals surface area contributed by atoms with Crippen LogP contribution in [-0.4, -0.2) is 36.2 Å². The molecule has 0 saturated carbocycles. The van der Waals surface area contributed by atoms with Gasteiger partial charge in [0.15, 0.2) is 11.6 Å². The van der Waals surface area contributed by atoms with Gasteiger partial charge in [0, 0.05) is 12.6 Å². The average Bonchev–Trinajstić information content (AvgIpc) is 3.04. The number of ether oxygens (including phenoxy) is 1. The molecule has 3 aromatic rings. The van der Waals surface area contributed by atoms with Gasteiger partial charge in [0.05, 0.1) is 6.54 Å². The molecule has 1 amide bonds. The molecular weight excluding hydrogens is 335 g/mol. The molecule has 0 bridgehead atoms. The molecule has 26 heavy (non-hydrogen) atoms. The summed E-state index contributed by atoms with van der Waals surface area (Å²) in [5.41, 5.74) is 1.74. The molecule has 0 atom stereocenters. The molecule has 1 heterocycles. The summed E-state index contributed by atoms with van der Waals surface area (Å²) >= 11 is 0. The molecule has 0 radical (unpaired) electrons. The van der Waals surface area contributed by atoms with Crippen molar-refractivity contribution < 1.29 is 18.4 Å². The maximum absolute atomic E-state index is 13.6. The lowest BCUT2D eigenvalue weighted by atomic mass is 10.1. The number of aromatic nitrogens is 1. The third-order valence-corrected chi connectivity index (χ3v) is 3.99. The van der Waals surface area contributed by atoms with E-state index in [4.69, 9.17) is 9.26 Å². The minimum atomic E-state index is -0.428. The largest absolute Gasteiger partial charge is 0.489 e. The molecule has 0 spiro atoms. The van der Waals surface area contributed by atoms with Crippen LogP contribution in [0.5, 0.6) is 5.75 Å². The van der Waals surface area contributed by atoms with E-state index in [1.165, 1.54) is 11.0 Å². The van der Waals surface area contributed by atoms with Gasteiger partial charge in [-0.25, -0.2) is 4.39 Å². The zero-order valence-electron chi connectivity index (χ0n) is 14.6. The van der Waals surface area contributed by atoms with Crippen LogP contribution < -0.4 is 4.74 Å². The second kappa shape index (κ2) is 7.82.